The van der Waals surface area contributed by atoms with Crippen LogP contribution in [-0.4, -0.2) is 28.3 Å². The van der Waals surface area contributed by atoms with Gasteiger partial charge in [0.15, 0.2) is 11.6 Å². The average Bonchev–Trinajstić information content (AvgIpc) is 3.01. The van der Waals surface area contributed by atoms with E-state index in [4.69, 9.17) is 16.3 Å². The molecule has 0 saturated carbocycles. The van der Waals surface area contributed by atoms with Crippen molar-refractivity contribution >= 4 is 17.4 Å². The Balaban J connectivity index is 1.67. The first kappa shape index (κ1) is 14.3. The number of aromatic amines is 1. The Bertz CT molecular complexity index is 593. The molecule has 3 rings (SSSR count). The number of hydrogen-bond donors (Lipinski definition) is 2. The van der Waals surface area contributed by atoms with Gasteiger partial charge in [-0.2, -0.15) is 5.10 Å². The maximum absolute atomic E-state index is 13.7. The van der Waals surface area contributed by atoms with Crippen LogP contribution in [0.1, 0.15) is 24.5 Å². The minimum atomic E-state index is -0.445. The summed E-state index contributed by atoms with van der Waals surface area (Å²) in [5.41, 5.74) is 1.02. The number of rotatable bonds is 4. The summed E-state index contributed by atoms with van der Waals surface area (Å²) in [5.74, 6) is 0.0169. The normalized spacial score (nSPS) is 22.2. The topological polar surface area (TPSA) is 62.8 Å². The third kappa shape index (κ3) is 3.33. The van der Waals surface area contributed by atoms with Gasteiger partial charge in [0.25, 0.3) is 0 Å². The molecule has 0 spiro atoms. The quantitative estimate of drug-likeness (QED) is 0.910. The van der Waals surface area contributed by atoms with Gasteiger partial charge in [-0.15, -0.1) is 0 Å². The van der Waals surface area contributed by atoms with Crippen molar-refractivity contribution in [1.29, 1.82) is 0 Å². The van der Waals surface area contributed by atoms with E-state index in [2.05, 4.69) is 20.5 Å². The highest BCUT2D eigenvalue weighted by molar-refractivity contribution is 6.30. The van der Waals surface area contributed by atoms with Gasteiger partial charge in [-0.25, -0.2) is 9.37 Å². The van der Waals surface area contributed by atoms with Gasteiger partial charge in [-0.3, -0.25) is 5.10 Å². The van der Waals surface area contributed by atoms with Crippen LogP contribution in [0.25, 0.3) is 0 Å². The Hall–Kier alpha value is -1.66. The summed E-state index contributed by atoms with van der Waals surface area (Å²) in [7, 11) is 0. The molecule has 0 aromatic carbocycles. The minimum absolute atomic E-state index is 0.0274. The van der Waals surface area contributed by atoms with Crippen LogP contribution in [0.2, 0.25) is 5.02 Å². The molecule has 3 heterocycles. The molecular formula is C14H16ClFN4O. The predicted octanol–water partition coefficient (Wildman–Crippen LogP) is 3.18. The number of ether oxygens (including phenoxy) is 1. The van der Waals surface area contributed by atoms with E-state index in [9.17, 15) is 4.39 Å². The maximum Gasteiger partial charge on any atom is 0.166 e. The monoisotopic (exact) mass is 310 g/mol. The van der Waals surface area contributed by atoms with Crippen molar-refractivity contribution in [3.63, 3.8) is 0 Å². The van der Waals surface area contributed by atoms with Crippen LogP contribution < -0.4 is 5.32 Å². The molecule has 2 atom stereocenters. The standard InChI is InChI=1S/C14H16ClFN4O/c15-11-4-12(16)14(18-8-11)17-5-9-2-1-3-21-13(9)10-6-19-20-7-10/h4,6-9,13H,1-3,5H2,(H,17,18)(H,19,20)/t9-,13+/m0/s1. The molecule has 112 valence electrons. The highest BCUT2D eigenvalue weighted by atomic mass is 35.5. The minimum Gasteiger partial charge on any atom is -0.373 e. The first-order valence-electron chi connectivity index (χ1n) is 6.89. The summed E-state index contributed by atoms with van der Waals surface area (Å²) >= 11 is 5.70. The summed E-state index contributed by atoms with van der Waals surface area (Å²) in [5, 5.41) is 10.1. The Morgan fingerprint density at radius 2 is 2.38 bits per heavy atom. The number of nitrogens with one attached hydrogen (secondary N) is 2. The van der Waals surface area contributed by atoms with Crippen LogP contribution in [0, 0.1) is 11.7 Å². The van der Waals surface area contributed by atoms with Crippen molar-refractivity contribution in [3.05, 3.63) is 41.1 Å². The lowest BCUT2D eigenvalue weighted by Gasteiger charge is -2.31. The fraction of sp³-hybridized carbons (Fsp3) is 0.429. The molecule has 0 aliphatic carbocycles. The average molecular weight is 311 g/mol. The summed E-state index contributed by atoms with van der Waals surface area (Å²) < 4.78 is 19.6. The third-order valence-electron chi connectivity index (χ3n) is 3.63. The number of hydrogen-bond acceptors (Lipinski definition) is 4. The van der Waals surface area contributed by atoms with E-state index < -0.39 is 5.82 Å². The van der Waals surface area contributed by atoms with Gasteiger partial charge in [0.2, 0.25) is 0 Å². The second-order valence-corrected chi connectivity index (χ2v) is 5.53. The first-order chi connectivity index (χ1) is 10.2. The van der Waals surface area contributed by atoms with Gasteiger partial charge < -0.3 is 10.1 Å². The van der Waals surface area contributed by atoms with Gasteiger partial charge in [-0.1, -0.05) is 11.6 Å². The van der Waals surface area contributed by atoms with Gasteiger partial charge in [-0.05, 0) is 18.9 Å². The summed E-state index contributed by atoms with van der Waals surface area (Å²) in [4.78, 5) is 3.97. The molecular weight excluding hydrogens is 295 g/mol. The van der Waals surface area contributed by atoms with Crippen LogP contribution in [0.4, 0.5) is 10.2 Å². The van der Waals surface area contributed by atoms with E-state index in [1.165, 1.54) is 12.3 Å². The maximum atomic E-state index is 13.7. The van der Waals surface area contributed by atoms with Gasteiger partial charge in [0.05, 0.1) is 17.3 Å². The highest BCUT2D eigenvalue weighted by Crippen LogP contribution is 2.33. The van der Waals surface area contributed by atoms with E-state index in [1.807, 2.05) is 6.20 Å². The van der Waals surface area contributed by atoms with E-state index in [1.54, 1.807) is 6.20 Å². The Labute approximate surface area is 126 Å². The van der Waals surface area contributed by atoms with E-state index in [0.717, 1.165) is 25.0 Å². The lowest BCUT2D eigenvalue weighted by Crippen LogP contribution is -2.28. The van der Waals surface area contributed by atoms with Gasteiger partial charge in [0, 0.05) is 37.0 Å². The molecule has 2 aromatic rings. The highest BCUT2D eigenvalue weighted by Gasteiger charge is 2.28. The predicted molar refractivity (Wildman–Crippen MR) is 77.7 cm³/mol. The molecule has 2 aromatic heterocycles. The molecule has 1 saturated heterocycles. The Morgan fingerprint density at radius 1 is 1.48 bits per heavy atom. The fourth-order valence-corrected chi connectivity index (χ4v) is 2.75. The molecule has 2 N–H and O–H groups in total. The van der Waals surface area contributed by atoms with E-state index >= 15 is 0 Å². The van der Waals surface area contributed by atoms with Crippen LogP contribution in [-0.2, 0) is 4.74 Å². The van der Waals surface area contributed by atoms with Crippen LogP contribution in [0.5, 0.6) is 0 Å². The molecule has 1 fully saturated rings. The number of aromatic nitrogens is 3. The molecule has 0 bridgehead atoms. The van der Waals surface area contributed by atoms with Crippen molar-refractivity contribution < 1.29 is 9.13 Å². The first-order valence-corrected chi connectivity index (χ1v) is 7.27. The molecule has 5 nitrogen and oxygen atoms in total. The van der Waals surface area contributed by atoms with Crippen molar-refractivity contribution in [2.24, 2.45) is 5.92 Å². The number of H-pyrrole nitrogens is 1. The molecule has 1 aliphatic rings. The number of anilines is 1. The zero-order valence-electron chi connectivity index (χ0n) is 11.4. The zero-order chi connectivity index (χ0) is 14.7. The number of pyridine rings is 1. The summed E-state index contributed by atoms with van der Waals surface area (Å²) in [6, 6.07) is 1.25. The van der Waals surface area contributed by atoms with Crippen molar-refractivity contribution in [3.8, 4) is 0 Å². The number of nitrogens with zero attached hydrogens (tertiary/aromatic N) is 2. The Kier molecular flexibility index (Phi) is 4.36. The zero-order valence-corrected chi connectivity index (χ0v) is 12.1. The van der Waals surface area contributed by atoms with Crippen LogP contribution >= 0.6 is 11.6 Å². The molecule has 0 unspecified atom stereocenters. The van der Waals surface area contributed by atoms with Crippen molar-refractivity contribution in [2.75, 3.05) is 18.5 Å². The molecule has 0 amide bonds. The van der Waals surface area contributed by atoms with E-state index in [0.29, 0.717) is 6.54 Å². The van der Waals surface area contributed by atoms with Crippen LogP contribution in [0.15, 0.2) is 24.7 Å². The largest absolute Gasteiger partial charge is 0.373 e. The van der Waals surface area contributed by atoms with Crippen molar-refractivity contribution in [2.45, 2.75) is 18.9 Å². The SMILES string of the molecule is Fc1cc(Cl)cnc1NC[C@@H]1CCCO[C@H]1c1cn[nH]c1. The third-order valence-corrected chi connectivity index (χ3v) is 3.84. The molecule has 7 heteroatoms. The lowest BCUT2D eigenvalue weighted by molar-refractivity contribution is -0.0238. The number of halogens is 2. The van der Waals surface area contributed by atoms with Gasteiger partial charge >= 0.3 is 0 Å². The second kappa shape index (κ2) is 6.41. The molecule has 1 aliphatic heterocycles. The molecule has 21 heavy (non-hydrogen) atoms. The van der Waals surface area contributed by atoms with Crippen LogP contribution in [0.3, 0.4) is 0 Å². The molecule has 0 radical (unpaired) electrons. The Morgan fingerprint density at radius 3 is 3.14 bits per heavy atom. The lowest BCUT2D eigenvalue weighted by atomic mass is 9.91. The van der Waals surface area contributed by atoms with E-state index in [-0.39, 0.29) is 22.9 Å². The second-order valence-electron chi connectivity index (χ2n) is 5.09. The summed E-state index contributed by atoms with van der Waals surface area (Å²) in [6.07, 6.45) is 7.02. The van der Waals surface area contributed by atoms with Crippen molar-refractivity contribution in [1.82, 2.24) is 15.2 Å². The van der Waals surface area contributed by atoms with Gasteiger partial charge in [0.1, 0.15) is 0 Å². The fourth-order valence-electron chi connectivity index (χ4n) is 2.61. The summed E-state index contributed by atoms with van der Waals surface area (Å²) in [6.45, 7) is 1.32. The smallest absolute Gasteiger partial charge is 0.166 e.